The quantitative estimate of drug-likeness (QED) is 0.0152. The molecule has 2 saturated heterocycles. The summed E-state index contributed by atoms with van der Waals surface area (Å²) >= 11 is 0. The largest absolute Gasteiger partial charge is 0.457 e. The Hall–Kier alpha value is -7.01. The first kappa shape index (κ1) is 61.6. The predicted octanol–water partition coefficient (Wildman–Crippen LogP) is -4.61. The van der Waals surface area contributed by atoms with Gasteiger partial charge in [0.25, 0.3) is 5.56 Å². The van der Waals surface area contributed by atoms with E-state index in [9.17, 15) is 69.0 Å². The van der Waals surface area contributed by atoms with Crippen LogP contribution in [0.3, 0.4) is 0 Å². The minimum absolute atomic E-state index is 0.104. The van der Waals surface area contributed by atoms with Crippen molar-refractivity contribution in [2.24, 2.45) is 11.5 Å². The molecule has 4 aliphatic rings. The molecule has 6 heterocycles. The van der Waals surface area contributed by atoms with Gasteiger partial charge < -0.3 is 110 Å². The van der Waals surface area contributed by atoms with Gasteiger partial charge in [-0.15, -0.1) is 0 Å². The molecule has 31 nitrogen and oxygen atoms in total. The zero-order valence-electron chi connectivity index (χ0n) is 43.7. The van der Waals surface area contributed by atoms with Crippen LogP contribution in [0.15, 0.2) is 41.2 Å². The fraction of sp³-hybridized carbons (Fsp3) is 0.580. The van der Waals surface area contributed by atoms with Gasteiger partial charge in [-0.3, -0.25) is 24.0 Å². The van der Waals surface area contributed by atoms with Crippen molar-refractivity contribution in [2.45, 2.75) is 119 Å². The van der Waals surface area contributed by atoms with Crippen LogP contribution >= 0.6 is 0 Å². The number of nitrogens with two attached hydrogens (primary N) is 2. The molecule has 0 radical (unpaired) electrons. The molecule has 3 aromatic rings. The number of aliphatic hydroxyl groups excluding tert-OH is 6. The average Bonchev–Trinajstić information content (AvgIpc) is 3.75. The highest BCUT2D eigenvalue weighted by Gasteiger charge is 2.51. The second-order valence-electron chi connectivity index (χ2n) is 18.9. The van der Waals surface area contributed by atoms with Gasteiger partial charge in [0, 0.05) is 36.0 Å². The summed E-state index contributed by atoms with van der Waals surface area (Å²) < 4.78 is 54.8. The number of benzene rings is 1. The molecule has 4 aliphatic heterocycles. The van der Waals surface area contributed by atoms with Crippen LogP contribution in [0.25, 0.3) is 22.3 Å². The van der Waals surface area contributed by atoms with Crippen LogP contribution in [-0.4, -0.2) is 215 Å². The van der Waals surface area contributed by atoms with Crippen LogP contribution in [0.5, 0.6) is 0 Å². The van der Waals surface area contributed by atoms with E-state index in [0.29, 0.717) is 16.9 Å². The second kappa shape index (κ2) is 28.1. The molecule has 0 spiro atoms. The van der Waals surface area contributed by atoms with Crippen molar-refractivity contribution < 1.29 is 112 Å². The van der Waals surface area contributed by atoms with E-state index in [4.69, 9.17) is 63.8 Å². The van der Waals surface area contributed by atoms with Crippen LogP contribution in [0.4, 0.5) is 9.59 Å². The topological polar surface area (TPSA) is 456 Å². The van der Waals surface area contributed by atoms with Gasteiger partial charge in [0.1, 0.15) is 49.3 Å². The van der Waals surface area contributed by atoms with Crippen LogP contribution in [0.1, 0.15) is 49.3 Å². The summed E-state index contributed by atoms with van der Waals surface area (Å²) in [5.41, 5.74) is 10.1. The Labute approximate surface area is 459 Å². The highest BCUT2D eigenvalue weighted by atomic mass is 16.7. The highest BCUT2D eigenvalue weighted by molar-refractivity contribution is 5.93. The number of fused-ring (bicyclic) bond motifs is 5. The number of para-hydroxylation sites is 1. The van der Waals surface area contributed by atoms with Gasteiger partial charge in [-0.2, -0.15) is 0 Å². The number of aliphatic hydroxyl groups is 6. The van der Waals surface area contributed by atoms with Crippen LogP contribution in [0, 0.1) is 0 Å². The molecule has 1 unspecified atom stereocenters. The monoisotopic (exact) mass is 1150 g/mol. The minimum atomic E-state index is -2.07. The normalized spacial score (nSPS) is 26.0. The van der Waals surface area contributed by atoms with Gasteiger partial charge >= 0.3 is 24.1 Å². The number of carbonyl (C=O) groups excluding carboxylic acids is 7. The van der Waals surface area contributed by atoms with E-state index >= 15 is 0 Å². The maximum absolute atomic E-state index is 14.0. The standard InChI is InChI=1S/C50H65N7O24/c1-2-50(27-18-30-36-25(17-24-5-3-4-6-28(24)56-36)20-57(30)44(68)26(27)23-76-47(50)69)81-35(62)8-7-33(60)55-29(43(67)54-10-12-73-14-16-75-46-40(66)42(80-49(52)71)38(64)32(22-59)78-46)19-34(61)53-9-11-72-13-15-74-45-39(65)41(79-48(51)70)37(63)31(21-58)77-45/h3-6,17-18,29,31-32,37-42,45-46,58-59,63-66H,2,7-16,19-23H2,1H3,(H2,51,70)(H2,52,71)(H,53,61)(H,54,67)(H,55,60)/t29?,31-,32-,37+,38+,39-,40-,41-,42-,45-,46-,50-/m0/s1. The van der Waals surface area contributed by atoms with Gasteiger partial charge in [-0.1, -0.05) is 25.1 Å². The van der Waals surface area contributed by atoms with Gasteiger partial charge in [-0.05, 0) is 24.6 Å². The summed E-state index contributed by atoms with van der Waals surface area (Å²) in [6.45, 7) is -1.39. The van der Waals surface area contributed by atoms with E-state index in [1.165, 1.54) is 4.57 Å². The fourth-order valence-electron chi connectivity index (χ4n) is 9.49. The van der Waals surface area contributed by atoms with Gasteiger partial charge in [0.15, 0.2) is 24.8 Å². The zero-order chi connectivity index (χ0) is 58.5. The van der Waals surface area contributed by atoms with Crippen molar-refractivity contribution >= 4 is 52.7 Å². The molecule has 0 bridgehead atoms. The number of esters is 2. The first-order valence-electron chi connectivity index (χ1n) is 25.7. The van der Waals surface area contributed by atoms with Crippen molar-refractivity contribution in [3.05, 3.63) is 63.4 Å². The van der Waals surface area contributed by atoms with E-state index in [0.717, 1.165) is 10.9 Å². The number of nitrogens with one attached hydrogen (secondary N) is 3. The van der Waals surface area contributed by atoms with Crippen molar-refractivity contribution in [1.29, 1.82) is 0 Å². The Morgan fingerprint density at radius 2 is 1.37 bits per heavy atom. The molecule has 0 aliphatic carbocycles. The smallest absolute Gasteiger partial charge is 0.404 e. The molecule has 13 N–H and O–H groups in total. The van der Waals surface area contributed by atoms with E-state index in [1.807, 2.05) is 30.3 Å². The van der Waals surface area contributed by atoms with E-state index < -0.39 is 153 Å². The fourth-order valence-corrected chi connectivity index (χ4v) is 9.49. The first-order valence-corrected chi connectivity index (χ1v) is 25.7. The van der Waals surface area contributed by atoms with Gasteiger partial charge in [0.05, 0.1) is 94.7 Å². The molecule has 81 heavy (non-hydrogen) atoms. The Morgan fingerprint density at radius 1 is 0.778 bits per heavy atom. The van der Waals surface area contributed by atoms with Crippen molar-refractivity contribution in [1.82, 2.24) is 25.5 Å². The lowest BCUT2D eigenvalue weighted by atomic mass is 9.85. The molecule has 31 heteroatoms. The summed E-state index contributed by atoms with van der Waals surface area (Å²) in [5, 5.41) is 69.0. The van der Waals surface area contributed by atoms with Gasteiger partial charge in [-0.25, -0.2) is 19.4 Å². The summed E-state index contributed by atoms with van der Waals surface area (Å²) in [6.07, 6.45) is -19.9. The number of hydrogen-bond acceptors (Lipinski definition) is 25. The molecule has 2 aromatic heterocycles. The maximum atomic E-state index is 14.0. The molecule has 12 atom stereocenters. The van der Waals surface area contributed by atoms with Crippen molar-refractivity contribution in [2.75, 3.05) is 65.9 Å². The highest BCUT2D eigenvalue weighted by Crippen LogP contribution is 2.41. The Bertz CT molecular complexity index is 2820. The summed E-state index contributed by atoms with van der Waals surface area (Å²) in [5.74, 6) is -4.44. The van der Waals surface area contributed by atoms with E-state index in [1.54, 1.807) is 13.0 Å². The third kappa shape index (κ3) is 14.7. The Morgan fingerprint density at radius 3 is 1.95 bits per heavy atom. The summed E-state index contributed by atoms with van der Waals surface area (Å²) in [4.78, 5) is 109. The van der Waals surface area contributed by atoms with E-state index in [-0.39, 0.29) is 83.4 Å². The third-order valence-corrected chi connectivity index (χ3v) is 13.6. The molecule has 1 aromatic carbocycles. The number of ether oxygens (including phenoxy) is 10. The lowest BCUT2D eigenvalue weighted by molar-refractivity contribution is -0.301. The number of carbonyl (C=O) groups is 7. The average molecular weight is 1150 g/mol. The second-order valence-corrected chi connectivity index (χ2v) is 18.9. The molecular weight excluding hydrogens is 1080 g/mol. The number of pyridine rings is 2. The molecule has 2 fully saturated rings. The number of rotatable bonds is 27. The number of hydrogen-bond donors (Lipinski definition) is 11. The number of cyclic esters (lactones) is 1. The van der Waals surface area contributed by atoms with Gasteiger partial charge in [0.2, 0.25) is 23.3 Å². The number of aromatic nitrogens is 2. The van der Waals surface area contributed by atoms with Crippen LogP contribution in [-0.2, 0) is 90.1 Å². The zero-order valence-corrected chi connectivity index (χ0v) is 43.7. The SMILES string of the molecule is CC[C@@]1(OC(=O)CCC(=O)NC(CC(=O)NCCOCCO[C@H]2O[C@@H](CO)[C@@H](O)[C@H](OC(N)=O)[C@@H]2O)C(=O)NCCOCCO[C@H]2O[C@@H](CO)[C@@H](O)[C@H](OC(N)=O)[C@@H]2O)C(=O)OCc2c1cc1n(c2=O)Cc2cc3ccccc3nc2-1. The first-order chi connectivity index (χ1) is 38.8. The van der Waals surface area contributed by atoms with E-state index in [2.05, 4.69) is 16.0 Å². The predicted molar refractivity (Wildman–Crippen MR) is 268 cm³/mol. The van der Waals surface area contributed by atoms with Crippen molar-refractivity contribution in [3.8, 4) is 11.4 Å². The lowest BCUT2D eigenvalue weighted by Crippen LogP contribution is -2.60. The maximum Gasteiger partial charge on any atom is 0.404 e. The number of amides is 5. The number of nitrogens with zero attached hydrogens (tertiary/aromatic N) is 2. The summed E-state index contributed by atoms with van der Waals surface area (Å²) in [7, 11) is 0. The third-order valence-electron chi connectivity index (χ3n) is 13.6. The molecule has 444 valence electrons. The molecular formula is C50H65N7O24. The van der Waals surface area contributed by atoms with Crippen molar-refractivity contribution in [3.63, 3.8) is 0 Å². The lowest BCUT2D eigenvalue weighted by Gasteiger charge is -2.40. The molecule has 7 rings (SSSR count). The molecule has 5 amide bonds. The van der Waals surface area contributed by atoms with Crippen LogP contribution in [0.2, 0.25) is 0 Å². The number of primary amides is 2. The van der Waals surface area contributed by atoms with Crippen LogP contribution < -0.4 is 33.0 Å². The Kier molecular flexibility index (Phi) is 21.4. The Balaban J connectivity index is 0.925. The summed E-state index contributed by atoms with van der Waals surface area (Å²) in [6, 6.07) is 9.40. The molecule has 0 saturated carbocycles. The minimum Gasteiger partial charge on any atom is -0.457 e.